The van der Waals surface area contributed by atoms with Gasteiger partial charge in [0.15, 0.2) is 0 Å². The van der Waals surface area contributed by atoms with Crippen LogP contribution in [-0.2, 0) is 24.3 Å². The number of carbonyl (C=O) groups is 3. The van der Waals surface area contributed by atoms with Crippen LogP contribution in [0.15, 0.2) is 53.4 Å². The number of anilines is 1. The van der Waals surface area contributed by atoms with Crippen molar-refractivity contribution in [3.63, 3.8) is 0 Å². The topological polar surface area (TPSA) is 101 Å². The van der Waals surface area contributed by atoms with Crippen molar-refractivity contribution in [2.75, 3.05) is 11.5 Å². The standard InChI is InChI=1S/C25H30N2O6S/c1-6-25(4,5)27(34(31,32)20-14-8-17(3)9-15-20)21-16-22(28)26(23(21)29)19-12-10-18(11-13-19)24(30)33-7-2/h8-15,21H,6-7,16H2,1-5H3. The van der Waals surface area contributed by atoms with E-state index < -0.39 is 39.4 Å². The maximum Gasteiger partial charge on any atom is 0.338 e. The number of carbonyl (C=O) groups excluding carboxylic acids is 3. The summed E-state index contributed by atoms with van der Waals surface area (Å²) in [6, 6.07) is 11.1. The number of nitrogens with zero attached hydrogens (tertiary/aromatic N) is 2. The number of esters is 1. The van der Waals surface area contributed by atoms with Crippen molar-refractivity contribution in [1.29, 1.82) is 0 Å². The highest BCUT2D eigenvalue weighted by Crippen LogP contribution is 2.35. The third-order valence-corrected chi connectivity index (χ3v) is 8.22. The summed E-state index contributed by atoms with van der Waals surface area (Å²) in [5, 5.41) is 0. The fourth-order valence-electron chi connectivity index (χ4n) is 3.93. The molecule has 9 heteroatoms. The van der Waals surface area contributed by atoms with E-state index in [-0.39, 0.29) is 29.2 Å². The van der Waals surface area contributed by atoms with Gasteiger partial charge in [-0.15, -0.1) is 0 Å². The van der Waals surface area contributed by atoms with Crippen LogP contribution in [0.1, 0.15) is 56.5 Å². The van der Waals surface area contributed by atoms with Crippen molar-refractivity contribution in [3.05, 3.63) is 59.7 Å². The Balaban J connectivity index is 1.99. The third-order valence-electron chi connectivity index (χ3n) is 6.08. The van der Waals surface area contributed by atoms with Crippen LogP contribution in [0.5, 0.6) is 0 Å². The second-order valence-electron chi connectivity index (χ2n) is 8.83. The van der Waals surface area contributed by atoms with E-state index in [1.165, 1.54) is 40.7 Å². The zero-order valence-corrected chi connectivity index (χ0v) is 20.9. The smallest absolute Gasteiger partial charge is 0.338 e. The van der Waals surface area contributed by atoms with Crippen molar-refractivity contribution in [2.45, 2.75) is 63.9 Å². The van der Waals surface area contributed by atoms with Crippen molar-refractivity contribution in [1.82, 2.24) is 4.31 Å². The van der Waals surface area contributed by atoms with Crippen LogP contribution in [0.3, 0.4) is 0 Å². The highest BCUT2D eigenvalue weighted by atomic mass is 32.2. The van der Waals surface area contributed by atoms with Crippen LogP contribution in [0.25, 0.3) is 0 Å². The molecule has 0 aliphatic carbocycles. The lowest BCUT2D eigenvalue weighted by Gasteiger charge is -2.39. The quantitative estimate of drug-likeness (QED) is 0.417. The second-order valence-corrected chi connectivity index (χ2v) is 10.6. The molecule has 182 valence electrons. The number of aryl methyl sites for hydroxylation is 1. The highest BCUT2D eigenvalue weighted by molar-refractivity contribution is 7.89. The van der Waals surface area contributed by atoms with Gasteiger partial charge in [0.2, 0.25) is 15.9 Å². The zero-order valence-electron chi connectivity index (χ0n) is 20.1. The normalized spacial score (nSPS) is 16.9. The van der Waals surface area contributed by atoms with Gasteiger partial charge < -0.3 is 4.74 Å². The van der Waals surface area contributed by atoms with Gasteiger partial charge in [0.25, 0.3) is 5.91 Å². The van der Waals surface area contributed by atoms with Crippen LogP contribution in [0.4, 0.5) is 5.69 Å². The molecule has 0 spiro atoms. The number of rotatable bonds is 8. The molecule has 1 fully saturated rings. The van der Waals surface area contributed by atoms with Gasteiger partial charge in [0.05, 0.1) is 29.2 Å². The van der Waals surface area contributed by atoms with E-state index in [0.717, 1.165) is 10.5 Å². The highest BCUT2D eigenvalue weighted by Gasteiger charge is 2.51. The molecule has 3 rings (SSSR count). The lowest BCUT2D eigenvalue weighted by Crippen LogP contribution is -2.55. The lowest BCUT2D eigenvalue weighted by molar-refractivity contribution is -0.122. The second kappa shape index (κ2) is 9.68. The first kappa shape index (κ1) is 25.6. The van der Waals surface area contributed by atoms with E-state index in [2.05, 4.69) is 0 Å². The van der Waals surface area contributed by atoms with Crippen molar-refractivity contribution >= 4 is 33.5 Å². The molecule has 1 unspecified atom stereocenters. The monoisotopic (exact) mass is 486 g/mol. The minimum absolute atomic E-state index is 0.0668. The molecule has 8 nitrogen and oxygen atoms in total. The van der Waals surface area contributed by atoms with E-state index in [4.69, 9.17) is 4.74 Å². The number of ether oxygens (including phenoxy) is 1. The average molecular weight is 487 g/mol. The summed E-state index contributed by atoms with van der Waals surface area (Å²) in [6.45, 7) is 9.10. The van der Waals surface area contributed by atoms with E-state index in [9.17, 15) is 22.8 Å². The molecule has 2 aromatic rings. The van der Waals surface area contributed by atoms with Crippen LogP contribution in [0.2, 0.25) is 0 Å². The van der Waals surface area contributed by atoms with Crippen LogP contribution >= 0.6 is 0 Å². The Morgan fingerprint density at radius 3 is 2.18 bits per heavy atom. The molecule has 34 heavy (non-hydrogen) atoms. The lowest BCUT2D eigenvalue weighted by atomic mass is 10.00. The van der Waals surface area contributed by atoms with E-state index >= 15 is 0 Å². The molecule has 1 aliphatic rings. The van der Waals surface area contributed by atoms with E-state index in [1.54, 1.807) is 32.9 Å². The van der Waals surface area contributed by atoms with E-state index in [1.807, 2.05) is 13.8 Å². The molecular formula is C25H30N2O6S. The van der Waals surface area contributed by atoms with Gasteiger partial charge in [0, 0.05) is 5.54 Å². The van der Waals surface area contributed by atoms with Crippen LogP contribution in [-0.4, -0.2) is 48.7 Å². The summed E-state index contributed by atoms with van der Waals surface area (Å²) in [5.74, 6) is -1.63. The minimum Gasteiger partial charge on any atom is -0.462 e. The van der Waals surface area contributed by atoms with Gasteiger partial charge in [-0.3, -0.25) is 9.59 Å². The summed E-state index contributed by atoms with van der Waals surface area (Å²) < 4.78 is 33.5. The molecule has 2 aromatic carbocycles. The van der Waals surface area contributed by atoms with Crippen LogP contribution < -0.4 is 4.90 Å². The molecule has 1 heterocycles. The molecule has 1 aliphatic heterocycles. The fourth-order valence-corrected chi connectivity index (χ4v) is 5.91. The molecule has 0 bridgehead atoms. The first-order chi connectivity index (χ1) is 15.9. The first-order valence-corrected chi connectivity index (χ1v) is 12.6. The Kier molecular flexibility index (Phi) is 7.28. The van der Waals surface area contributed by atoms with E-state index in [0.29, 0.717) is 6.42 Å². The van der Waals surface area contributed by atoms with Crippen molar-refractivity contribution in [2.24, 2.45) is 0 Å². The third kappa shape index (κ3) is 4.76. The zero-order chi connectivity index (χ0) is 25.3. The van der Waals surface area contributed by atoms with Crippen LogP contribution in [0, 0.1) is 6.92 Å². The Morgan fingerprint density at radius 1 is 1.06 bits per heavy atom. The molecule has 1 saturated heterocycles. The predicted octanol–water partition coefficient (Wildman–Crippen LogP) is 3.68. The number of sulfonamides is 1. The minimum atomic E-state index is -4.08. The van der Waals surface area contributed by atoms with Gasteiger partial charge in [-0.25, -0.2) is 18.1 Å². The largest absolute Gasteiger partial charge is 0.462 e. The summed E-state index contributed by atoms with van der Waals surface area (Å²) in [7, 11) is -4.08. The molecule has 0 N–H and O–H groups in total. The Bertz CT molecular complexity index is 1190. The van der Waals surface area contributed by atoms with Gasteiger partial charge in [-0.2, -0.15) is 4.31 Å². The summed E-state index contributed by atoms with van der Waals surface area (Å²) in [6.07, 6.45) is 0.164. The molecule has 0 radical (unpaired) electrons. The Labute approximate surface area is 200 Å². The van der Waals surface area contributed by atoms with Gasteiger partial charge in [-0.1, -0.05) is 24.6 Å². The average Bonchev–Trinajstić information content (AvgIpc) is 3.07. The maximum absolute atomic E-state index is 13.7. The molecule has 0 saturated carbocycles. The predicted molar refractivity (Wildman–Crippen MR) is 128 cm³/mol. The fraction of sp³-hybridized carbons (Fsp3) is 0.400. The number of hydrogen-bond acceptors (Lipinski definition) is 6. The van der Waals surface area contributed by atoms with Crippen molar-refractivity contribution in [3.8, 4) is 0 Å². The van der Waals surface area contributed by atoms with Gasteiger partial charge in [-0.05, 0) is 70.5 Å². The SMILES string of the molecule is CCOC(=O)c1ccc(N2C(=O)CC(N(C(C)(C)CC)S(=O)(=O)c3ccc(C)cc3)C2=O)cc1. The Morgan fingerprint density at radius 2 is 1.65 bits per heavy atom. The number of benzene rings is 2. The van der Waals surface area contributed by atoms with Gasteiger partial charge in [0.1, 0.15) is 6.04 Å². The molecule has 2 amide bonds. The summed E-state index contributed by atoms with van der Waals surface area (Å²) >= 11 is 0. The van der Waals surface area contributed by atoms with Crippen molar-refractivity contribution < 1.29 is 27.5 Å². The first-order valence-electron chi connectivity index (χ1n) is 11.2. The molecule has 0 aromatic heterocycles. The molecular weight excluding hydrogens is 456 g/mol. The number of hydrogen-bond donors (Lipinski definition) is 0. The maximum atomic E-state index is 13.7. The summed E-state index contributed by atoms with van der Waals surface area (Å²) in [5.41, 5.74) is 0.544. The summed E-state index contributed by atoms with van der Waals surface area (Å²) in [4.78, 5) is 39.4. The van der Waals surface area contributed by atoms with Gasteiger partial charge >= 0.3 is 5.97 Å². The Hall–Kier alpha value is -3.04. The molecule has 1 atom stereocenters. The number of amides is 2. The number of imide groups is 1.